The second-order valence-corrected chi connectivity index (χ2v) is 6.25. The molecule has 0 aliphatic carbocycles. The molecule has 0 radical (unpaired) electrons. The Morgan fingerprint density at radius 2 is 2.05 bits per heavy atom. The summed E-state index contributed by atoms with van der Waals surface area (Å²) in [6, 6.07) is 6.54. The van der Waals surface area contributed by atoms with Gasteiger partial charge in [-0.1, -0.05) is 18.1 Å². The van der Waals surface area contributed by atoms with Crippen LogP contribution in [0, 0.1) is 0 Å². The SMILES string of the molecule is CCC(C)N1CCN(c2cccc(Br)c2/C(N)=N/O)CC1. The van der Waals surface area contributed by atoms with Crippen LogP contribution in [0.2, 0.25) is 0 Å². The van der Waals surface area contributed by atoms with Gasteiger partial charge < -0.3 is 15.8 Å². The van der Waals surface area contributed by atoms with Gasteiger partial charge in [-0.15, -0.1) is 0 Å². The minimum atomic E-state index is 0.141. The van der Waals surface area contributed by atoms with Crippen LogP contribution >= 0.6 is 15.9 Å². The number of amidine groups is 1. The predicted molar refractivity (Wildman–Crippen MR) is 90.2 cm³/mol. The monoisotopic (exact) mass is 354 g/mol. The minimum Gasteiger partial charge on any atom is -0.409 e. The lowest BCUT2D eigenvalue weighted by Gasteiger charge is -2.39. The molecule has 5 nitrogen and oxygen atoms in total. The molecule has 0 spiro atoms. The van der Waals surface area contributed by atoms with Crippen molar-refractivity contribution in [3.05, 3.63) is 28.2 Å². The molecule has 1 unspecified atom stereocenters. The first-order chi connectivity index (χ1) is 10.1. The van der Waals surface area contributed by atoms with Crippen LogP contribution in [0.3, 0.4) is 0 Å². The summed E-state index contributed by atoms with van der Waals surface area (Å²) in [4.78, 5) is 4.81. The molecule has 3 N–H and O–H groups in total. The van der Waals surface area contributed by atoms with Gasteiger partial charge in [0.1, 0.15) is 0 Å². The van der Waals surface area contributed by atoms with Crippen molar-refractivity contribution in [3.63, 3.8) is 0 Å². The largest absolute Gasteiger partial charge is 0.409 e. The van der Waals surface area contributed by atoms with E-state index in [9.17, 15) is 0 Å². The third-order valence-electron chi connectivity index (χ3n) is 4.22. The third kappa shape index (κ3) is 3.49. The van der Waals surface area contributed by atoms with E-state index in [0.717, 1.165) is 41.9 Å². The number of hydrogen-bond donors (Lipinski definition) is 2. The number of anilines is 1. The van der Waals surface area contributed by atoms with E-state index in [4.69, 9.17) is 10.9 Å². The number of nitrogens with zero attached hydrogens (tertiary/aromatic N) is 3. The van der Waals surface area contributed by atoms with Crippen LogP contribution in [0.1, 0.15) is 25.8 Å². The van der Waals surface area contributed by atoms with E-state index in [-0.39, 0.29) is 5.84 Å². The normalized spacial score (nSPS) is 18.8. The number of rotatable bonds is 4. The molecule has 1 saturated heterocycles. The van der Waals surface area contributed by atoms with Crippen LogP contribution in [0.25, 0.3) is 0 Å². The molecule has 116 valence electrons. The van der Waals surface area contributed by atoms with Gasteiger partial charge in [-0.25, -0.2) is 0 Å². The summed E-state index contributed by atoms with van der Waals surface area (Å²) in [6.07, 6.45) is 1.17. The molecule has 21 heavy (non-hydrogen) atoms. The Kier molecular flexibility index (Phi) is 5.47. The molecule has 0 aromatic heterocycles. The van der Waals surface area contributed by atoms with Crippen LogP contribution in [0.15, 0.2) is 27.8 Å². The number of oxime groups is 1. The minimum absolute atomic E-state index is 0.141. The molecule has 1 fully saturated rings. The number of nitrogens with two attached hydrogens (primary N) is 1. The van der Waals surface area contributed by atoms with Gasteiger partial charge in [-0.3, -0.25) is 4.90 Å². The molecular weight excluding hydrogens is 332 g/mol. The number of halogens is 1. The van der Waals surface area contributed by atoms with E-state index < -0.39 is 0 Å². The van der Waals surface area contributed by atoms with E-state index in [0.29, 0.717) is 6.04 Å². The van der Waals surface area contributed by atoms with Crippen molar-refractivity contribution >= 4 is 27.5 Å². The Balaban J connectivity index is 2.19. The van der Waals surface area contributed by atoms with E-state index in [1.807, 2.05) is 18.2 Å². The molecule has 6 heteroatoms. The lowest BCUT2D eigenvalue weighted by atomic mass is 10.1. The van der Waals surface area contributed by atoms with Crippen LogP contribution in [-0.2, 0) is 0 Å². The summed E-state index contributed by atoms with van der Waals surface area (Å²) in [5.41, 5.74) is 7.61. The highest BCUT2D eigenvalue weighted by molar-refractivity contribution is 9.10. The summed E-state index contributed by atoms with van der Waals surface area (Å²) in [5, 5.41) is 12.2. The summed E-state index contributed by atoms with van der Waals surface area (Å²) >= 11 is 3.49. The first kappa shape index (κ1) is 16.1. The second-order valence-electron chi connectivity index (χ2n) is 5.40. The molecule has 0 saturated carbocycles. The van der Waals surface area contributed by atoms with E-state index in [2.05, 4.69) is 44.7 Å². The van der Waals surface area contributed by atoms with Gasteiger partial charge in [-0.05, 0) is 41.4 Å². The topological polar surface area (TPSA) is 65.1 Å². The van der Waals surface area contributed by atoms with Gasteiger partial charge in [0.15, 0.2) is 5.84 Å². The molecular formula is C15H23BrN4O. The van der Waals surface area contributed by atoms with Crippen molar-refractivity contribution in [3.8, 4) is 0 Å². The van der Waals surface area contributed by atoms with Crippen LogP contribution in [-0.4, -0.2) is 48.2 Å². The highest BCUT2D eigenvalue weighted by Gasteiger charge is 2.23. The average Bonchev–Trinajstić information content (AvgIpc) is 2.53. The van der Waals surface area contributed by atoms with Gasteiger partial charge >= 0.3 is 0 Å². The van der Waals surface area contributed by atoms with Crippen LogP contribution in [0.4, 0.5) is 5.69 Å². The highest BCUT2D eigenvalue weighted by atomic mass is 79.9. The maximum atomic E-state index is 9.00. The Morgan fingerprint density at radius 3 is 2.62 bits per heavy atom. The Morgan fingerprint density at radius 1 is 1.38 bits per heavy atom. The zero-order valence-corrected chi connectivity index (χ0v) is 14.2. The first-order valence-corrected chi connectivity index (χ1v) is 8.13. The Labute approximate surface area is 134 Å². The lowest BCUT2D eigenvalue weighted by molar-refractivity contribution is 0.193. The summed E-state index contributed by atoms with van der Waals surface area (Å²) < 4.78 is 0.847. The highest BCUT2D eigenvalue weighted by Crippen LogP contribution is 2.28. The average molecular weight is 355 g/mol. The fourth-order valence-corrected chi connectivity index (χ4v) is 3.30. The quantitative estimate of drug-likeness (QED) is 0.377. The smallest absolute Gasteiger partial charge is 0.173 e. The fourth-order valence-electron chi connectivity index (χ4n) is 2.74. The third-order valence-corrected chi connectivity index (χ3v) is 4.89. The van der Waals surface area contributed by atoms with E-state index in [1.165, 1.54) is 6.42 Å². The molecule has 2 rings (SSSR count). The molecule has 1 aromatic rings. The van der Waals surface area contributed by atoms with Crippen LogP contribution in [0.5, 0.6) is 0 Å². The maximum Gasteiger partial charge on any atom is 0.173 e. The van der Waals surface area contributed by atoms with Gasteiger partial charge in [0.2, 0.25) is 0 Å². The van der Waals surface area contributed by atoms with Crippen LogP contribution < -0.4 is 10.6 Å². The zero-order chi connectivity index (χ0) is 15.4. The van der Waals surface area contributed by atoms with Gasteiger partial charge in [0.25, 0.3) is 0 Å². The van der Waals surface area contributed by atoms with Crippen molar-refractivity contribution < 1.29 is 5.21 Å². The van der Waals surface area contributed by atoms with Gasteiger partial charge in [0.05, 0.1) is 5.56 Å². The van der Waals surface area contributed by atoms with Crippen molar-refractivity contribution in [2.24, 2.45) is 10.9 Å². The second kappa shape index (κ2) is 7.13. The Hall–Kier alpha value is -1.27. The number of benzene rings is 1. The molecule has 1 aliphatic heterocycles. The molecule has 1 aliphatic rings. The molecule has 1 heterocycles. The Bertz CT molecular complexity index is 512. The van der Waals surface area contributed by atoms with E-state index >= 15 is 0 Å². The summed E-state index contributed by atoms with van der Waals surface area (Å²) in [6.45, 7) is 8.48. The van der Waals surface area contributed by atoms with E-state index in [1.54, 1.807) is 0 Å². The lowest BCUT2D eigenvalue weighted by Crippen LogP contribution is -2.49. The van der Waals surface area contributed by atoms with Gasteiger partial charge in [-0.2, -0.15) is 0 Å². The maximum absolute atomic E-state index is 9.00. The van der Waals surface area contributed by atoms with Crippen molar-refractivity contribution in [1.82, 2.24) is 4.90 Å². The molecule has 1 aromatic carbocycles. The van der Waals surface area contributed by atoms with Crippen molar-refractivity contribution in [2.75, 3.05) is 31.1 Å². The molecule has 1 atom stereocenters. The molecule has 0 amide bonds. The van der Waals surface area contributed by atoms with Crippen molar-refractivity contribution in [1.29, 1.82) is 0 Å². The number of hydrogen-bond acceptors (Lipinski definition) is 4. The summed E-state index contributed by atoms with van der Waals surface area (Å²) in [7, 11) is 0. The molecule has 0 bridgehead atoms. The predicted octanol–water partition coefficient (Wildman–Crippen LogP) is 2.46. The number of piperazine rings is 1. The standard InChI is InChI=1S/C15H23BrN4O/c1-3-11(2)19-7-9-20(10-8-19)13-6-4-5-12(16)14(13)15(17)18-21/h4-6,11,21H,3,7-10H2,1-2H3,(H2,17,18). The zero-order valence-electron chi connectivity index (χ0n) is 12.6. The summed E-state index contributed by atoms with van der Waals surface area (Å²) in [5.74, 6) is 0.141. The first-order valence-electron chi connectivity index (χ1n) is 7.33. The van der Waals surface area contributed by atoms with Gasteiger partial charge in [0, 0.05) is 42.4 Å². The van der Waals surface area contributed by atoms with Crippen molar-refractivity contribution in [2.45, 2.75) is 26.3 Å². The fraction of sp³-hybridized carbons (Fsp3) is 0.533.